The zero-order valence-electron chi connectivity index (χ0n) is 10.9. The summed E-state index contributed by atoms with van der Waals surface area (Å²) in [4.78, 5) is 4.35. The molecule has 1 rings (SSSR count). The maximum Gasteiger partial charge on any atom is 0.233 e. The fraction of sp³-hybridized carbons (Fsp3) is 0.417. The summed E-state index contributed by atoms with van der Waals surface area (Å²) in [7, 11) is -1.81. The first-order valence-electron chi connectivity index (χ1n) is 5.22. The first-order chi connectivity index (χ1) is 7.64. The van der Waals surface area contributed by atoms with Crippen LogP contribution in [0.1, 0.15) is 23.7 Å². The van der Waals surface area contributed by atoms with Crippen molar-refractivity contribution in [2.45, 2.75) is 20.8 Å². The lowest BCUT2D eigenvalue weighted by molar-refractivity contribution is 0.599. The zero-order chi connectivity index (χ0) is 13.4. The summed E-state index contributed by atoms with van der Waals surface area (Å²) in [6, 6.07) is 1.92. The van der Waals surface area contributed by atoms with Crippen LogP contribution >= 0.6 is 0 Å². The molecule has 0 aliphatic heterocycles. The van der Waals surface area contributed by atoms with Gasteiger partial charge in [-0.1, -0.05) is 6.58 Å². The quantitative estimate of drug-likeness (QED) is 0.830. The van der Waals surface area contributed by atoms with E-state index >= 15 is 0 Å². The number of sulfonamides is 1. The van der Waals surface area contributed by atoms with E-state index in [0.29, 0.717) is 5.82 Å². The number of allylic oxidation sites excluding steroid dienone is 1. The normalized spacial score (nSPS) is 11.4. The Kier molecular flexibility index (Phi) is 3.62. The fourth-order valence-corrected chi connectivity index (χ4v) is 1.86. The number of nitrogens with zero attached hydrogens (tertiary/aromatic N) is 2. The number of aromatic nitrogens is 1. The van der Waals surface area contributed by atoms with Gasteiger partial charge in [-0.15, -0.1) is 0 Å². The van der Waals surface area contributed by atoms with Crippen molar-refractivity contribution >= 4 is 21.4 Å². The first kappa shape index (κ1) is 13.7. The van der Waals surface area contributed by atoms with E-state index in [0.717, 1.165) is 28.6 Å². The Hall–Kier alpha value is -1.36. The molecule has 5 heteroatoms. The average Bonchev–Trinajstić information content (AvgIpc) is 2.18. The van der Waals surface area contributed by atoms with Crippen molar-refractivity contribution in [3.8, 4) is 0 Å². The van der Waals surface area contributed by atoms with E-state index in [9.17, 15) is 8.42 Å². The van der Waals surface area contributed by atoms with Gasteiger partial charge in [-0.3, -0.25) is 4.31 Å². The molecule has 0 amide bonds. The van der Waals surface area contributed by atoms with Crippen molar-refractivity contribution in [3.63, 3.8) is 0 Å². The summed E-state index contributed by atoms with van der Waals surface area (Å²) in [6.45, 7) is 9.50. The topological polar surface area (TPSA) is 50.3 Å². The Bertz CT molecular complexity index is 562. The third-order valence-electron chi connectivity index (χ3n) is 2.70. The van der Waals surface area contributed by atoms with Gasteiger partial charge in [-0.2, -0.15) is 0 Å². The number of hydrogen-bond donors (Lipinski definition) is 0. The summed E-state index contributed by atoms with van der Waals surface area (Å²) in [6.07, 6.45) is 1.16. The molecule has 0 aliphatic carbocycles. The molecule has 0 saturated heterocycles. The van der Waals surface area contributed by atoms with Crippen LogP contribution in [0.15, 0.2) is 12.6 Å². The van der Waals surface area contributed by atoms with Crippen LogP contribution in [0.2, 0.25) is 0 Å². The molecule has 0 atom stereocenters. The molecule has 0 aromatic carbocycles. The van der Waals surface area contributed by atoms with E-state index in [1.54, 1.807) is 0 Å². The third kappa shape index (κ3) is 2.85. The van der Waals surface area contributed by atoms with Crippen molar-refractivity contribution < 1.29 is 8.42 Å². The minimum atomic E-state index is -3.31. The second-order valence-corrected chi connectivity index (χ2v) is 6.29. The summed E-state index contributed by atoms with van der Waals surface area (Å²) in [5, 5.41) is 0. The highest BCUT2D eigenvalue weighted by Crippen LogP contribution is 2.26. The Labute approximate surface area is 103 Å². The maximum atomic E-state index is 11.6. The van der Waals surface area contributed by atoms with Gasteiger partial charge in [0.2, 0.25) is 10.0 Å². The highest BCUT2D eigenvalue weighted by molar-refractivity contribution is 7.92. The van der Waals surface area contributed by atoms with Gasteiger partial charge in [0.1, 0.15) is 5.82 Å². The predicted molar refractivity (Wildman–Crippen MR) is 71.7 cm³/mol. The molecule has 1 aromatic heterocycles. The van der Waals surface area contributed by atoms with Crippen LogP contribution in [0.4, 0.5) is 5.82 Å². The minimum Gasteiger partial charge on any atom is -0.257 e. The number of aryl methyl sites for hydroxylation is 2. The number of rotatable bonds is 3. The summed E-state index contributed by atoms with van der Waals surface area (Å²) in [5.41, 5.74) is 3.40. The highest BCUT2D eigenvalue weighted by Gasteiger charge is 2.18. The van der Waals surface area contributed by atoms with Crippen molar-refractivity contribution in [3.05, 3.63) is 29.5 Å². The monoisotopic (exact) mass is 254 g/mol. The highest BCUT2D eigenvalue weighted by atomic mass is 32.2. The number of pyridine rings is 1. The molecular formula is C12H18N2O2S. The van der Waals surface area contributed by atoms with Gasteiger partial charge in [0, 0.05) is 18.3 Å². The minimum absolute atomic E-state index is 0.433. The van der Waals surface area contributed by atoms with Crippen LogP contribution in [-0.4, -0.2) is 26.7 Å². The van der Waals surface area contributed by atoms with Crippen LogP contribution in [0.3, 0.4) is 0 Å². The molecule has 0 bridgehead atoms. The van der Waals surface area contributed by atoms with Gasteiger partial charge in [-0.25, -0.2) is 13.4 Å². The van der Waals surface area contributed by atoms with Gasteiger partial charge in [0.25, 0.3) is 0 Å². The van der Waals surface area contributed by atoms with Gasteiger partial charge >= 0.3 is 0 Å². The fourth-order valence-electron chi connectivity index (χ4n) is 1.40. The van der Waals surface area contributed by atoms with Crippen LogP contribution < -0.4 is 4.31 Å². The van der Waals surface area contributed by atoms with Crippen LogP contribution in [0.25, 0.3) is 5.57 Å². The number of anilines is 1. The van der Waals surface area contributed by atoms with Crippen LogP contribution in [0.5, 0.6) is 0 Å². The molecule has 94 valence electrons. The Balaban J connectivity index is 3.52. The van der Waals surface area contributed by atoms with Gasteiger partial charge in [0.15, 0.2) is 0 Å². The molecule has 0 N–H and O–H groups in total. The van der Waals surface area contributed by atoms with E-state index < -0.39 is 10.0 Å². The lowest BCUT2D eigenvalue weighted by Gasteiger charge is -2.20. The van der Waals surface area contributed by atoms with E-state index in [1.807, 2.05) is 26.8 Å². The molecule has 17 heavy (non-hydrogen) atoms. The van der Waals surface area contributed by atoms with E-state index in [-0.39, 0.29) is 0 Å². The van der Waals surface area contributed by atoms with Crippen molar-refractivity contribution in [1.82, 2.24) is 4.98 Å². The van der Waals surface area contributed by atoms with Gasteiger partial charge in [-0.05, 0) is 38.0 Å². The Morgan fingerprint density at radius 1 is 1.41 bits per heavy atom. The molecule has 0 fully saturated rings. The molecule has 0 radical (unpaired) electrons. The molecule has 4 nitrogen and oxygen atoms in total. The lowest BCUT2D eigenvalue weighted by atomic mass is 10.1. The molecule has 0 unspecified atom stereocenters. The molecule has 0 aliphatic rings. The Morgan fingerprint density at radius 3 is 2.35 bits per heavy atom. The summed E-state index contributed by atoms with van der Waals surface area (Å²) >= 11 is 0. The zero-order valence-corrected chi connectivity index (χ0v) is 11.7. The van der Waals surface area contributed by atoms with E-state index in [2.05, 4.69) is 11.6 Å². The molecular weight excluding hydrogens is 236 g/mol. The Morgan fingerprint density at radius 2 is 1.94 bits per heavy atom. The van der Waals surface area contributed by atoms with Crippen molar-refractivity contribution in [2.75, 3.05) is 17.6 Å². The maximum absolute atomic E-state index is 11.6. The standard InChI is InChI=1S/C12H18N2O2S/c1-8(2)11-7-9(3)10(4)13-12(11)14(5)17(6,15)16/h7H,1H2,2-6H3. The smallest absolute Gasteiger partial charge is 0.233 e. The van der Waals surface area contributed by atoms with Crippen LogP contribution in [-0.2, 0) is 10.0 Å². The average molecular weight is 254 g/mol. The second kappa shape index (κ2) is 4.49. The van der Waals surface area contributed by atoms with Gasteiger partial charge < -0.3 is 0 Å². The van der Waals surface area contributed by atoms with E-state index in [4.69, 9.17) is 0 Å². The SMILES string of the molecule is C=C(C)c1cc(C)c(C)nc1N(C)S(C)(=O)=O. The van der Waals surface area contributed by atoms with E-state index in [1.165, 1.54) is 11.4 Å². The summed E-state index contributed by atoms with van der Waals surface area (Å²) < 4.78 is 24.3. The lowest BCUT2D eigenvalue weighted by Crippen LogP contribution is -2.27. The molecule has 1 aromatic rings. The third-order valence-corrected chi connectivity index (χ3v) is 3.87. The predicted octanol–water partition coefficient (Wildman–Crippen LogP) is 2.13. The van der Waals surface area contributed by atoms with Crippen molar-refractivity contribution in [1.29, 1.82) is 0 Å². The van der Waals surface area contributed by atoms with Crippen LogP contribution in [0, 0.1) is 13.8 Å². The molecule has 0 spiro atoms. The second-order valence-electron chi connectivity index (χ2n) is 4.27. The number of hydrogen-bond acceptors (Lipinski definition) is 3. The molecule has 0 saturated carbocycles. The van der Waals surface area contributed by atoms with Gasteiger partial charge in [0.05, 0.1) is 6.26 Å². The summed E-state index contributed by atoms with van der Waals surface area (Å²) in [5.74, 6) is 0.433. The van der Waals surface area contributed by atoms with Crippen molar-refractivity contribution in [2.24, 2.45) is 0 Å². The first-order valence-corrected chi connectivity index (χ1v) is 7.07. The molecule has 1 heterocycles. The largest absolute Gasteiger partial charge is 0.257 e.